The maximum Gasteiger partial charge on any atom is 0.197 e. The number of hydroxylamine groups is 1. The molecule has 5 aliphatic rings. The van der Waals surface area contributed by atoms with Gasteiger partial charge in [0, 0.05) is 24.7 Å². The maximum absolute atomic E-state index is 14.4. The van der Waals surface area contributed by atoms with Crippen molar-refractivity contribution in [1.82, 2.24) is 15.3 Å². The average Bonchev–Trinajstić information content (AvgIpc) is 3.49. The van der Waals surface area contributed by atoms with Crippen molar-refractivity contribution < 1.29 is 9.63 Å². The number of hydrogen-bond acceptors (Lipinski definition) is 5. The second-order valence-corrected chi connectivity index (χ2v) is 18.0. The lowest BCUT2D eigenvalue weighted by Crippen LogP contribution is -2.58. The Hall–Kier alpha value is -2.53. The van der Waals surface area contributed by atoms with Crippen molar-refractivity contribution in [3.05, 3.63) is 70.8 Å². The van der Waals surface area contributed by atoms with Gasteiger partial charge >= 0.3 is 0 Å². The Bertz CT molecular complexity index is 1470. The summed E-state index contributed by atoms with van der Waals surface area (Å²) in [5, 5.41) is 0. The minimum absolute atomic E-state index is 0.0902. The molecule has 1 aromatic rings. The molecule has 5 unspecified atom stereocenters. The summed E-state index contributed by atoms with van der Waals surface area (Å²) in [7, 11) is 0. The Morgan fingerprint density at radius 1 is 0.922 bits per heavy atom. The van der Waals surface area contributed by atoms with Crippen molar-refractivity contribution in [3.63, 3.8) is 0 Å². The lowest BCUT2D eigenvalue weighted by Gasteiger charge is -2.61. The lowest BCUT2D eigenvalue weighted by molar-refractivity contribution is -0.0796. The summed E-state index contributed by atoms with van der Waals surface area (Å²) in [6.07, 6.45) is 19.5. The number of allylic oxidation sites excluding steroid dienone is 3. The van der Waals surface area contributed by atoms with Crippen molar-refractivity contribution in [3.8, 4) is 0 Å². The van der Waals surface area contributed by atoms with Crippen LogP contribution in [0.1, 0.15) is 148 Å². The van der Waals surface area contributed by atoms with Crippen LogP contribution in [0.3, 0.4) is 0 Å². The first kappa shape index (κ1) is 38.2. The fourth-order valence-corrected chi connectivity index (χ4v) is 12.4. The summed E-state index contributed by atoms with van der Waals surface area (Å²) in [6.45, 7) is 25.6. The summed E-state index contributed by atoms with van der Waals surface area (Å²) in [5.41, 5.74) is 8.20. The average molecular weight is 698 g/mol. The second kappa shape index (κ2) is 15.8. The van der Waals surface area contributed by atoms with Crippen molar-refractivity contribution in [2.45, 2.75) is 138 Å². The highest BCUT2D eigenvalue weighted by atomic mass is 16.6. The Morgan fingerprint density at radius 3 is 2.37 bits per heavy atom. The number of Topliss-reactive ketones (excluding diaryl/α,β-unsaturated/α-hetero) is 1. The molecule has 1 N–H and O–H groups in total. The number of nitrogens with zero attached hydrogens (tertiary/aromatic N) is 2. The van der Waals surface area contributed by atoms with Crippen LogP contribution in [0.4, 0.5) is 0 Å². The van der Waals surface area contributed by atoms with Crippen molar-refractivity contribution in [2.24, 2.45) is 46.3 Å². The summed E-state index contributed by atoms with van der Waals surface area (Å²) in [4.78, 5) is 24.8. The van der Waals surface area contributed by atoms with Gasteiger partial charge < -0.3 is 9.74 Å². The normalized spacial score (nSPS) is 33.6. The zero-order chi connectivity index (χ0) is 36.5. The molecule has 1 aliphatic heterocycles. The van der Waals surface area contributed by atoms with E-state index >= 15 is 0 Å². The van der Waals surface area contributed by atoms with E-state index in [0.717, 1.165) is 85.9 Å². The molecule has 9 atom stereocenters. The molecule has 5 nitrogen and oxygen atoms in total. The number of fused-ring (bicyclic) bond motifs is 5. The molecule has 0 radical (unpaired) electrons. The minimum Gasteiger partial charge on any atom is -0.389 e. The molecule has 5 heteroatoms. The number of likely N-dealkylation sites (N-methyl/N-ethyl adjacent to an activating group) is 1. The van der Waals surface area contributed by atoms with Gasteiger partial charge in [0.1, 0.15) is 12.1 Å². The Balaban J connectivity index is 1.31. The van der Waals surface area contributed by atoms with Crippen LogP contribution in [-0.2, 0) is 4.84 Å². The molecule has 0 saturated heterocycles. The van der Waals surface area contributed by atoms with Crippen LogP contribution in [-0.4, -0.2) is 47.8 Å². The SMILES string of the molecule is CCN(CC)C1=C(C(=O)c2ccccc2C2CC[C@@]3(C)C(=CC(N(CC)CC)C4C3CC[C@@]3(C)C4CC[C@@H]3[C@H](C)CCCC(C)C)C2)C=CON1. The molecule has 0 amide bonds. The van der Waals surface area contributed by atoms with E-state index in [4.69, 9.17) is 4.84 Å². The highest BCUT2D eigenvalue weighted by molar-refractivity contribution is 6.12. The molecule has 6 rings (SSSR count). The summed E-state index contributed by atoms with van der Waals surface area (Å²) in [6, 6.07) is 9.01. The van der Waals surface area contributed by atoms with Crippen LogP contribution in [0.5, 0.6) is 0 Å². The summed E-state index contributed by atoms with van der Waals surface area (Å²) < 4.78 is 0. The van der Waals surface area contributed by atoms with Gasteiger partial charge in [-0.1, -0.05) is 104 Å². The van der Waals surface area contributed by atoms with Crippen LogP contribution in [0.2, 0.25) is 0 Å². The molecule has 4 aliphatic carbocycles. The van der Waals surface area contributed by atoms with Gasteiger partial charge in [-0.2, -0.15) is 0 Å². The topological polar surface area (TPSA) is 44.8 Å². The van der Waals surface area contributed by atoms with E-state index in [9.17, 15) is 4.79 Å². The first-order chi connectivity index (χ1) is 24.5. The van der Waals surface area contributed by atoms with Crippen LogP contribution in [0, 0.1) is 46.3 Å². The quantitative estimate of drug-likeness (QED) is 0.155. The Labute approximate surface area is 311 Å². The van der Waals surface area contributed by atoms with Crippen LogP contribution < -0.4 is 5.48 Å². The first-order valence-corrected chi connectivity index (χ1v) is 21.2. The van der Waals surface area contributed by atoms with E-state index in [-0.39, 0.29) is 11.2 Å². The predicted octanol–water partition coefficient (Wildman–Crippen LogP) is 10.9. The Kier molecular flexibility index (Phi) is 11.9. The number of nitrogens with one attached hydrogen (secondary N) is 1. The third-order valence-electron chi connectivity index (χ3n) is 15.2. The molecule has 51 heavy (non-hydrogen) atoms. The number of carbonyl (C=O) groups is 1. The standard InChI is InChI=1S/C46H71N3O2/c1-10-48(11-2)41-30-34-29-33(35-19-14-15-20-36(35)43(50)37-25-28-51-47-44(37)49(12-3)13-4)23-26-45(34,8)40-24-27-46(9)38(21-22-39(46)42(40)41)32(7)18-16-17-31(5)6/h14-15,19-20,25,28,30-33,38-42,47H,10-13,16-18,21-24,26-27,29H2,1-9H3/t32-,33?,38-,39?,40?,41?,42?,45+,46-/m1/s1. The second-order valence-electron chi connectivity index (χ2n) is 18.0. The molecule has 0 bridgehead atoms. The van der Waals surface area contributed by atoms with E-state index in [2.05, 4.69) is 102 Å². The van der Waals surface area contributed by atoms with Gasteiger partial charge in [0.2, 0.25) is 0 Å². The van der Waals surface area contributed by atoms with Gasteiger partial charge in [-0.05, 0) is 136 Å². The highest BCUT2D eigenvalue weighted by Crippen LogP contribution is 2.68. The largest absolute Gasteiger partial charge is 0.389 e. The van der Waals surface area contributed by atoms with E-state index in [1.807, 2.05) is 12.1 Å². The molecule has 282 valence electrons. The van der Waals surface area contributed by atoms with Crippen LogP contribution in [0.15, 0.2) is 59.6 Å². The van der Waals surface area contributed by atoms with Gasteiger partial charge in [-0.3, -0.25) is 9.69 Å². The first-order valence-electron chi connectivity index (χ1n) is 21.2. The van der Waals surface area contributed by atoms with Gasteiger partial charge in [0.05, 0.1) is 5.57 Å². The van der Waals surface area contributed by atoms with Gasteiger partial charge in [0.15, 0.2) is 5.78 Å². The molecular formula is C46H71N3O2. The molecule has 0 spiro atoms. The summed E-state index contributed by atoms with van der Waals surface area (Å²) >= 11 is 0. The van der Waals surface area contributed by atoms with E-state index in [0.29, 0.717) is 22.9 Å². The number of carbonyl (C=O) groups excluding carboxylic acids is 1. The zero-order valence-corrected chi connectivity index (χ0v) is 33.8. The highest BCUT2D eigenvalue weighted by Gasteiger charge is 2.61. The van der Waals surface area contributed by atoms with E-state index in [1.54, 1.807) is 11.8 Å². The molecule has 3 saturated carbocycles. The van der Waals surface area contributed by atoms with E-state index < -0.39 is 0 Å². The van der Waals surface area contributed by atoms with Crippen LogP contribution in [0.25, 0.3) is 0 Å². The van der Waals surface area contributed by atoms with Crippen LogP contribution >= 0.6 is 0 Å². The van der Waals surface area contributed by atoms with E-state index in [1.165, 1.54) is 56.9 Å². The lowest BCUT2D eigenvalue weighted by atomic mass is 9.45. The minimum atomic E-state index is 0.0902. The number of hydrogen-bond donors (Lipinski definition) is 1. The number of ketones is 1. The number of rotatable bonds is 14. The fraction of sp³-hybridized carbons (Fsp3) is 0.717. The smallest absolute Gasteiger partial charge is 0.197 e. The van der Waals surface area contributed by atoms with Crippen molar-refractivity contribution >= 4 is 5.78 Å². The third kappa shape index (κ3) is 6.99. The maximum atomic E-state index is 14.4. The molecule has 1 aromatic carbocycles. The summed E-state index contributed by atoms with van der Waals surface area (Å²) in [5.74, 6) is 6.03. The Morgan fingerprint density at radius 2 is 1.67 bits per heavy atom. The molecule has 3 fully saturated rings. The molecule has 0 aromatic heterocycles. The third-order valence-corrected chi connectivity index (χ3v) is 15.2. The molecule has 1 heterocycles. The fourth-order valence-electron chi connectivity index (χ4n) is 12.4. The predicted molar refractivity (Wildman–Crippen MR) is 212 cm³/mol. The van der Waals surface area contributed by atoms with Gasteiger partial charge in [-0.15, -0.1) is 0 Å². The monoisotopic (exact) mass is 698 g/mol. The van der Waals surface area contributed by atoms with Gasteiger partial charge in [-0.25, -0.2) is 5.48 Å². The van der Waals surface area contributed by atoms with Gasteiger partial charge in [0.25, 0.3) is 0 Å². The number of benzene rings is 1. The van der Waals surface area contributed by atoms with Crippen molar-refractivity contribution in [1.29, 1.82) is 0 Å². The van der Waals surface area contributed by atoms with Crippen molar-refractivity contribution in [2.75, 3.05) is 26.2 Å². The zero-order valence-electron chi connectivity index (χ0n) is 33.8. The molecular weight excluding hydrogens is 627 g/mol.